The molecule has 1 aliphatic heterocycles. The normalized spacial score (nSPS) is 27.1. The van der Waals surface area contributed by atoms with Crippen LogP contribution < -0.4 is 4.90 Å². The molecule has 0 aromatic heterocycles. The van der Waals surface area contributed by atoms with Crippen molar-refractivity contribution < 1.29 is 40.6 Å². The Balaban J connectivity index is 0.00000111. The van der Waals surface area contributed by atoms with Gasteiger partial charge in [-0.15, -0.1) is 0 Å². The van der Waals surface area contributed by atoms with Crippen LogP contribution in [-0.4, -0.2) is 19.6 Å². The van der Waals surface area contributed by atoms with Crippen LogP contribution in [0.4, 0.5) is 5.69 Å². The zero-order valence-electron chi connectivity index (χ0n) is 16.8. The predicted octanol–water partition coefficient (Wildman–Crippen LogP) is 3.67. The molecule has 1 aromatic rings. The summed E-state index contributed by atoms with van der Waals surface area (Å²) >= 11 is 0. The second-order valence-electron chi connectivity index (χ2n) is 6.90. The van der Waals surface area contributed by atoms with Crippen LogP contribution in [0.3, 0.4) is 0 Å². The first-order valence-corrected chi connectivity index (χ1v) is 9.14. The standard InChI is InChI=1S/C20H23NO2.3CO.Fe/c1-3-14-12-15-13-21(16-8-5-4-6-9-16)19(22)20(15)11-7-10-17(23-2)18(14)20;3*1-2;/h4-11,14-15,18H,3,12-13H2,1-2H3;;;;/t14-,15+,18+,20-;;;;/m0..../s1. The van der Waals surface area contributed by atoms with Crippen LogP contribution in [-0.2, 0) is 40.6 Å². The summed E-state index contributed by atoms with van der Waals surface area (Å²) in [6.07, 6.45) is 8.41. The van der Waals surface area contributed by atoms with Gasteiger partial charge in [0.05, 0.1) is 12.5 Å². The van der Waals surface area contributed by atoms with Gasteiger partial charge in [-0.05, 0) is 36.5 Å². The minimum atomic E-state index is -0.406. The number of anilines is 1. The molecule has 3 aliphatic rings. The number of methoxy groups -OCH3 is 1. The number of allylic oxidation sites excluding steroid dienone is 3. The fourth-order valence-corrected chi connectivity index (χ4v) is 5.02. The van der Waals surface area contributed by atoms with Crippen molar-refractivity contribution in [1.82, 2.24) is 0 Å². The number of ether oxygens (including phenoxy) is 1. The van der Waals surface area contributed by atoms with E-state index in [-0.39, 0.29) is 28.9 Å². The van der Waals surface area contributed by atoms with Gasteiger partial charge in [0.2, 0.25) is 5.91 Å². The van der Waals surface area contributed by atoms with Gasteiger partial charge in [0, 0.05) is 35.2 Å². The van der Waals surface area contributed by atoms with Crippen molar-refractivity contribution in [3.8, 4) is 0 Å². The first kappa shape index (κ1) is 27.7. The van der Waals surface area contributed by atoms with Gasteiger partial charge in [0.15, 0.2) is 0 Å². The van der Waals surface area contributed by atoms with Crippen LogP contribution in [0.5, 0.6) is 0 Å². The van der Waals surface area contributed by atoms with Crippen molar-refractivity contribution >= 4 is 11.6 Å². The van der Waals surface area contributed by atoms with Crippen molar-refractivity contribution in [2.75, 3.05) is 18.6 Å². The monoisotopic (exact) mass is 449 g/mol. The van der Waals surface area contributed by atoms with Crippen molar-refractivity contribution in [2.45, 2.75) is 19.8 Å². The smallest absolute Gasteiger partial charge is 0 e. The quantitative estimate of drug-likeness (QED) is 0.401. The fraction of sp³-hybridized carbons (Fsp3) is 0.391. The zero-order valence-corrected chi connectivity index (χ0v) is 17.9. The molecule has 6 nitrogen and oxygen atoms in total. The van der Waals surface area contributed by atoms with Gasteiger partial charge in [-0.25, -0.2) is 0 Å². The summed E-state index contributed by atoms with van der Waals surface area (Å²) in [6.45, 7) is 16.5. The maximum atomic E-state index is 13.5. The van der Waals surface area contributed by atoms with Crippen LogP contribution >= 0.6 is 0 Å². The van der Waals surface area contributed by atoms with E-state index in [4.69, 9.17) is 18.7 Å². The fourth-order valence-electron chi connectivity index (χ4n) is 5.02. The number of carbonyl (C=O) groups excluding carboxylic acids is 1. The van der Waals surface area contributed by atoms with E-state index in [9.17, 15) is 4.79 Å². The molecular formula is C23H23FeNO5. The average molecular weight is 449 g/mol. The Morgan fingerprint density at radius 2 is 1.73 bits per heavy atom. The Bertz CT molecular complexity index is 800. The van der Waals surface area contributed by atoms with E-state index in [1.54, 1.807) is 7.11 Å². The maximum Gasteiger partial charge on any atom is 0 e. The molecule has 1 saturated heterocycles. The van der Waals surface area contributed by atoms with Crippen LogP contribution in [0.15, 0.2) is 54.3 Å². The minimum absolute atomic E-state index is 0. The Morgan fingerprint density at radius 3 is 2.27 bits per heavy atom. The molecule has 4 rings (SSSR count). The third-order valence-electron chi connectivity index (χ3n) is 6.03. The van der Waals surface area contributed by atoms with Crippen molar-refractivity contribution in [1.29, 1.82) is 0 Å². The van der Waals surface area contributed by atoms with Crippen molar-refractivity contribution in [2.24, 2.45) is 23.2 Å². The Kier molecular flexibility index (Phi) is 12.1. The topological polar surface area (TPSA) is 89.2 Å². The first-order valence-electron chi connectivity index (χ1n) is 9.14. The number of hydrogen-bond donors (Lipinski definition) is 0. The van der Waals surface area contributed by atoms with Crippen LogP contribution in [0.2, 0.25) is 0 Å². The SMILES string of the molecule is CC[C@H]1C[C@@H]2CN(c3ccccc3)C(=O)[C@@]23C=CC=C(OC)[C@@H]13.[C-]#[O+].[C-]#[O+].[C-]#[O+].[Fe]. The molecule has 1 amide bonds. The van der Waals surface area contributed by atoms with Crippen molar-refractivity contribution in [3.05, 3.63) is 74.3 Å². The Hall–Kier alpha value is -2.29. The molecule has 1 spiro atoms. The average Bonchev–Trinajstić information content (AvgIpc) is 3.28. The number of carbonyl (C=O) groups is 1. The summed E-state index contributed by atoms with van der Waals surface area (Å²) in [6, 6.07) is 10.0. The number of nitrogens with zero attached hydrogens (tertiary/aromatic N) is 1. The summed E-state index contributed by atoms with van der Waals surface area (Å²) in [4.78, 5) is 15.4. The van der Waals surface area contributed by atoms with E-state index in [1.165, 1.54) is 0 Å². The van der Waals surface area contributed by atoms with E-state index in [0.29, 0.717) is 11.8 Å². The van der Waals surface area contributed by atoms with Gasteiger partial charge in [-0.3, -0.25) is 4.79 Å². The Labute approximate surface area is 188 Å². The summed E-state index contributed by atoms with van der Waals surface area (Å²) < 4.78 is 28.2. The van der Waals surface area contributed by atoms with Crippen molar-refractivity contribution in [3.63, 3.8) is 0 Å². The molecular weight excluding hydrogens is 426 g/mol. The number of hydrogen-bond acceptors (Lipinski definition) is 2. The zero-order chi connectivity index (χ0) is 22.0. The van der Waals surface area contributed by atoms with Gasteiger partial charge in [0.25, 0.3) is 0 Å². The van der Waals surface area contributed by atoms with Crippen LogP contribution in [0.1, 0.15) is 19.8 Å². The van der Waals surface area contributed by atoms with Gasteiger partial charge in [-0.1, -0.05) is 43.7 Å². The molecule has 2 fully saturated rings. The third kappa shape index (κ3) is 4.55. The summed E-state index contributed by atoms with van der Waals surface area (Å²) in [7, 11) is 1.73. The van der Waals surface area contributed by atoms with E-state index in [0.717, 1.165) is 30.8 Å². The number of amides is 1. The van der Waals surface area contributed by atoms with E-state index >= 15 is 0 Å². The molecule has 1 saturated carbocycles. The molecule has 0 bridgehead atoms. The third-order valence-corrected chi connectivity index (χ3v) is 6.03. The molecule has 4 atom stereocenters. The molecule has 1 heterocycles. The number of rotatable bonds is 3. The molecule has 158 valence electrons. The minimum Gasteiger partial charge on any atom is 0 e. The summed E-state index contributed by atoms with van der Waals surface area (Å²) in [5, 5.41) is 0. The van der Waals surface area contributed by atoms with Crippen LogP contribution in [0.25, 0.3) is 0 Å². The molecule has 30 heavy (non-hydrogen) atoms. The van der Waals surface area contributed by atoms with Gasteiger partial charge in [0.1, 0.15) is 5.76 Å². The maximum absolute atomic E-state index is 13.5. The number of para-hydroxylation sites is 1. The molecule has 2 aliphatic carbocycles. The Morgan fingerprint density at radius 1 is 1.13 bits per heavy atom. The molecule has 0 N–H and O–H groups in total. The van der Waals surface area contributed by atoms with Gasteiger partial charge in [-0.2, -0.15) is 0 Å². The second kappa shape index (κ2) is 13.1. The molecule has 0 radical (unpaired) electrons. The van der Waals surface area contributed by atoms with Gasteiger partial charge < -0.3 is 9.64 Å². The first-order chi connectivity index (χ1) is 14.2. The summed E-state index contributed by atoms with van der Waals surface area (Å²) in [5.74, 6) is 2.31. The van der Waals surface area contributed by atoms with E-state index in [2.05, 4.69) is 33.0 Å². The predicted molar refractivity (Wildman–Crippen MR) is 103 cm³/mol. The second-order valence-corrected chi connectivity index (χ2v) is 6.90. The van der Waals surface area contributed by atoms with Crippen LogP contribution in [0, 0.1) is 43.1 Å². The van der Waals surface area contributed by atoms with E-state index < -0.39 is 5.41 Å². The van der Waals surface area contributed by atoms with Gasteiger partial charge >= 0.3 is 33.9 Å². The molecule has 1 aromatic carbocycles. The molecule has 7 heteroatoms. The summed E-state index contributed by atoms with van der Waals surface area (Å²) in [5.41, 5.74) is 0.603. The largest absolute Gasteiger partial charge is 0 e. The number of benzene rings is 1. The van der Waals surface area contributed by atoms with E-state index in [1.807, 2.05) is 47.4 Å². The molecule has 0 unspecified atom stereocenters.